The molecule has 3 N–H and O–H groups in total. The lowest BCUT2D eigenvalue weighted by atomic mass is 10.2. The maximum Gasteiger partial charge on any atom is 0.263 e. The smallest absolute Gasteiger partial charge is 0.263 e. The molecule has 0 aliphatic carbocycles. The van der Waals surface area contributed by atoms with Gasteiger partial charge in [-0.05, 0) is 54.1 Å². The van der Waals surface area contributed by atoms with Gasteiger partial charge in [-0.1, -0.05) is 53.5 Å². The summed E-state index contributed by atoms with van der Waals surface area (Å²) in [5, 5.41) is 8.40. The van der Waals surface area contributed by atoms with Crippen LogP contribution >= 0.6 is 34.5 Å². The number of rotatable bonds is 10. The Bertz CT molecular complexity index is 1640. The Morgan fingerprint density at radius 1 is 1.00 bits per heavy atom. The Labute approximate surface area is 244 Å². The fourth-order valence-corrected chi connectivity index (χ4v) is 5.15. The maximum atomic E-state index is 13.2. The minimum atomic E-state index is -0.880. The van der Waals surface area contributed by atoms with Gasteiger partial charge >= 0.3 is 0 Å². The number of aromatic nitrogens is 3. The fourth-order valence-electron chi connectivity index (χ4n) is 3.95. The summed E-state index contributed by atoms with van der Waals surface area (Å²) < 4.78 is 7.55. The first-order valence-electron chi connectivity index (χ1n) is 12.2. The number of hydrogen-bond donors (Lipinski definition) is 2. The zero-order valence-corrected chi connectivity index (χ0v) is 23.3. The molecule has 1 atom stereocenters. The van der Waals surface area contributed by atoms with Gasteiger partial charge in [-0.3, -0.25) is 14.6 Å². The number of halogens is 2. The molecule has 0 aliphatic heterocycles. The number of carbonyl (C=O) groups is 2. The quantitative estimate of drug-likeness (QED) is 0.190. The minimum absolute atomic E-state index is 0.157. The molecule has 5 rings (SSSR count). The molecule has 5 aromatic rings. The molecule has 0 aliphatic rings. The first-order chi connectivity index (χ1) is 19.4. The summed E-state index contributed by atoms with van der Waals surface area (Å²) in [5.74, 6) is -0.970. The van der Waals surface area contributed by atoms with Crippen molar-refractivity contribution in [2.24, 2.45) is 5.73 Å². The Hall–Kier alpha value is -4.02. The van der Waals surface area contributed by atoms with Crippen LogP contribution in [0.5, 0.6) is 0 Å². The summed E-state index contributed by atoms with van der Waals surface area (Å²) in [4.78, 5) is 30.2. The van der Waals surface area contributed by atoms with Crippen molar-refractivity contribution < 1.29 is 14.3 Å². The second-order valence-electron chi connectivity index (χ2n) is 8.76. The summed E-state index contributed by atoms with van der Waals surface area (Å²) >= 11 is 13.7. The van der Waals surface area contributed by atoms with Gasteiger partial charge in [0.25, 0.3) is 5.91 Å². The lowest BCUT2D eigenvalue weighted by Crippen LogP contribution is -2.39. The Morgan fingerprint density at radius 3 is 2.55 bits per heavy atom. The molecular formula is C29H23Cl2N5O3S. The summed E-state index contributed by atoms with van der Waals surface area (Å²) in [7, 11) is 0. The van der Waals surface area contributed by atoms with E-state index in [1.165, 1.54) is 11.3 Å². The summed E-state index contributed by atoms with van der Waals surface area (Å²) in [6.45, 7) is 0.217. The Balaban J connectivity index is 1.42. The van der Waals surface area contributed by atoms with Crippen LogP contribution in [-0.2, 0) is 16.1 Å². The van der Waals surface area contributed by atoms with Crippen molar-refractivity contribution in [3.63, 3.8) is 0 Å². The molecule has 202 valence electrons. The van der Waals surface area contributed by atoms with Gasteiger partial charge in [-0.25, -0.2) is 4.68 Å². The van der Waals surface area contributed by atoms with E-state index in [-0.39, 0.29) is 18.9 Å². The van der Waals surface area contributed by atoms with Crippen LogP contribution in [0.1, 0.15) is 21.7 Å². The van der Waals surface area contributed by atoms with Crippen molar-refractivity contribution in [3.05, 3.63) is 112 Å². The van der Waals surface area contributed by atoms with Crippen LogP contribution in [-0.4, -0.2) is 32.8 Å². The highest BCUT2D eigenvalue weighted by atomic mass is 35.5. The highest BCUT2D eigenvalue weighted by Gasteiger charge is 2.21. The standard InChI is InChI=1S/C29H23Cl2N5O3S/c30-21-9-8-20(13-22(21)31)36-24(14-23(35-36)19-7-4-12-33-16-19)25-10-11-26(40-25)29(38)34-28(15-27(32)37)39-17-18-5-2-1-3-6-18/h1-14,16,28H,15,17H2,(H2,32,37)(H,34,38). The number of primary amides is 1. The average molecular weight is 593 g/mol. The zero-order chi connectivity index (χ0) is 28.1. The molecule has 11 heteroatoms. The van der Waals surface area contributed by atoms with Gasteiger partial charge in [0.2, 0.25) is 5.91 Å². The zero-order valence-electron chi connectivity index (χ0n) is 21.0. The van der Waals surface area contributed by atoms with E-state index in [1.807, 2.05) is 60.7 Å². The molecule has 0 bridgehead atoms. The van der Waals surface area contributed by atoms with Gasteiger partial charge < -0.3 is 15.8 Å². The van der Waals surface area contributed by atoms with E-state index >= 15 is 0 Å². The molecule has 3 heterocycles. The van der Waals surface area contributed by atoms with E-state index in [0.29, 0.717) is 26.3 Å². The lowest BCUT2D eigenvalue weighted by Gasteiger charge is -2.18. The van der Waals surface area contributed by atoms with E-state index in [9.17, 15) is 9.59 Å². The van der Waals surface area contributed by atoms with Crippen LogP contribution in [0, 0.1) is 0 Å². The predicted molar refractivity (Wildman–Crippen MR) is 156 cm³/mol. The number of hydrogen-bond acceptors (Lipinski definition) is 6. The van der Waals surface area contributed by atoms with Gasteiger partial charge in [0.15, 0.2) is 0 Å². The van der Waals surface area contributed by atoms with Crippen molar-refractivity contribution >= 4 is 46.4 Å². The number of ether oxygens (including phenoxy) is 1. The molecule has 0 saturated carbocycles. The second-order valence-corrected chi connectivity index (χ2v) is 10.7. The number of thiophene rings is 1. The van der Waals surface area contributed by atoms with Crippen LogP contribution in [0.3, 0.4) is 0 Å². The number of nitrogens with two attached hydrogens (primary N) is 1. The third-order valence-corrected chi connectivity index (χ3v) is 7.71. The van der Waals surface area contributed by atoms with Crippen LogP contribution in [0.4, 0.5) is 0 Å². The van der Waals surface area contributed by atoms with Crippen LogP contribution in [0.25, 0.3) is 27.5 Å². The molecule has 0 radical (unpaired) electrons. The number of amides is 2. The molecule has 2 amide bonds. The normalized spacial score (nSPS) is 11.8. The summed E-state index contributed by atoms with van der Waals surface area (Å²) in [6, 6.07) is 23.9. The molecule has 0 spiro atoms. The molecule has 1 unspecified atom stereocenters. The van der Waals surface area contributed by atoms with Gasteiger partial charge in [0.05, 0.1) is 49.9 Å². The van der Waals surface area contributed by atoms with Crippen molar-refractivity contribution in [3.8, 4) is 27.5 Å². The maximum absolute atomic E-state index is 13.2. The van der Waals surface area contributed by atoms with Crippen LogP contribution in [0.2, 0.25) is 10.0 Å². The van der Waals surface area contributed by atoms with Crippen molar-refractivity contribution in [1.29, 1.82) is 0 Å². The Kier molecular flexibility index (Phi) is 8.57. The highest BCUT2D eigenvalue weighted by molar-refractivity contribution is 7.17. The molecule has 2 aromatic carbocycles. The van der Waals surface area contributed by atoms with Gasteiger partial charge in [-0.2, -0.15) is 5.10 Å². The first kappa shape index (κ1) is 27.5. The fraction of sp³-hybridized carbons (Fsp3) is 0.103. The largest absolute Gasteiger partial charge is 0.370 e. The lowest BCUT2D eigenvalue weighted by molar-refractivity contribution is -0.121. The van der Waals surface area contributed by atoms with E-state index in [2.05, 4.69) is 10.3 Å². The van der Waals surface area contributed by atoms with E-state index in [4.69, 9.17) is 38.8 Å². The highest BCUT2D eigenvalue weighted by Crippen LogP contribution is 2.34. The monoisotopic (exact) mass is 591 g/mol. The van der Waals surface area contributed by atoms with E-state index in [0.717, 1.165) is 21.7 Å². The first-order valence-corrected chi connectivity index (χ1v) is 13.8. The molecule has 3 aromatic heterocycles. The average Bonchev–Trinajstić information content (AvgIpc) is 3.62. The van der Waals surface area contributed by atoms with Gasteiger partial charge in [-0.15, -0.1) is 11.3 Å². The number of carbonyl (C=O) groups excluding carboxylic acids is 2. The Morgan fingerprint density at radius 2 is 1.82 bits per heavy atom. The van der Waals surface area contributed by atoms with Crippen molar-refractivity contribution in [2.45, 2.75) is 19.3 Å². The molecule has 0 saturated heterocycles. The van der Waals surface area contributed by atoms with Crippen molar-refractivity contribution in [2.75, 3.05) is 0 Å². The van der Waals surface area contributed by atoms with E-state index < -0.39 is 12.1 Å². The molecular weight excluding hydrogens is 569 g/mol. The molecule has 40 heavy (non-hydrogen) atoms. The third kappa shape index (κ3) is 6.57. The number of pyridine rings is 1. The topological polar surface area (TPSA) is 112 Å². The van der Waals surface area contributed by atoms with Gasteiger partial charge in [0.1, 0.15) is 6.23 Å². The van der Waals surface area contributed by atoms with E-state index in [1.54, 1.807) is 35.3 Å². The SMILES string of the molecule is NC(=O)CC(NC(=O)c1ccc(-c2cc(-c3cccnc3)nn2-c2ccc(Cl)c(Cl)c2)s1)OCc1ccccc1. The predicted octanol–water partition coefficient (Wildman–Crippen LogP) is 6.12. The summed E-state index contributed by atoms with van der Waals surface area (Å²) in [6.07, 6.45) is 2.39. The minimum Gasteiger partial charge on any atom is -0.370 e. The summed E-state index contributed by atoms with van der Waals surface area (Å²) in [5.41, 5.74) is 9.29. The number of nitrogens with zero attached hydrogens (tertiary/aromatic N) is 3. The van der Waals surface area contributed by atoms with Crippen molar-refractivity contribution in [1.82, 2.24) is 20.1 Å². The molecule has 8 nitrogen and oxygen atoms in total. The van der Waals surface area contributed by atoms with Crippen LogP contribution in [0.15, 0.2) is 91.3 Å². The van der Waals surface area contributed by atoms with Crippen LogP contribution < -0.4 is 11.1 Å². The third-order valence-electron chi connectivity index (χ3n) is 5.87. The number of benzene rings is 2. The molecule has 0 fully saturated rings. The van der Waals surface area contributed by atoms with Gasteiger partial charge in [0, 0.05) is 18.0 Å². The second kappa shape index (κ2) is 12.4. The number of nitrogens with one attached hydrogen (secondary N) is 1.